The van der Waals surface area contributed by atoms with Gasteiger partial charge < -0.3 is 15.5 Å². The first kappa shape index (κ1) is 14.9. The summed E-state index contributed by atoms with van der Waals surface area (Å²) in [6.07, 6.45) is 0. The van der Waals surface area contributed by atoms with Gasteiger partial charge in [0, 0.05) is 0 Å². The topological polar surface area (TPSA) is 86.6 Å². The summed E-state index contributed by atoms with van der Waals surface area (Å²) in [5.41, 5.74) is -1.18. The third-order valence-electron chi connectivity index (χ3n) is 2.50. The number of aromatic hydroxyl groups is 1. The van der Waals surface area contributed by atoms with E-state index in [1.54, 1.807) is 0 Å². The Morgan fingerprint density at radius 2 is 1.81 bits per heavy atom. The first-order valence-electron chi connectivity index (χ1n) is 5.31. The molecular formula is C12H6F3NO4S. The Kier molecular flexibility index (Phi) is 3.85. The fourth-order valence-corrected chi connectivity index (χ4v) is 2.27. The van der Waals surface area contributed by atoms with E-state index in [9.17, 15) is 22.8 Å². The number of thiophene rings is 1. The average molecular weight is 317 g/mol. The van der Waals surface area contributed by atoms with Gasteiger partial charge in [0.1, 0.15) is 5.00 Å². The van der Waals surface area contributed by atoms with E-state index in [0.717, 1.165) is 11.3 Å². The molecule has 9 heteroatoms. The van der Waals surface area contributed by atoms with E-state index in [-0.39, 0.29) is 16.6 Å². The number of carbonyl (C=O) groups is 2. The Morgan fingerprint density at radius 1 is 1.14 bits per heavy atom. The third kappa shape index (κ3) is 2.68. The second-order valence-corrected chi connectivity index (χ2v) is 4.72. The Labute approximate surface area is 119 Å². The number of anilines is 1. The van der Waals surface area contributed by atoms with Gasteiger partial charge in [0.05, 0.1) is 11.1 Å². The molecule has 5 nitrogen and oxygen atoms in total. The largest absolute Gasteiger partial charge is 0.503 e. The monoisotopic (exact) mass is 317 g/mol. The Bertz CT molecular complexity index is 744. The molecule has 0 aliphatic rings. The molecule has 0 fully saturated rings. The Balaban J connectivity index is 2.38. The summed E-state index contributed by atoms with van der Waals surface area (Å²) in [4.78, 5) is 22.6. The molecule has 21 heavy (non-hydrogen) atoms. The molecule has 1 heterocycles. The molecule has 110 valence electrons. The molecule has 0 saturated carbocycles. The number of carboxylic acids is 1. The second kappa shape index (κ2) is 5.44. The zero-order valence-corrected chi connectivity index (χ0v) is 10.8. The normalized spacial score (nSPS) is 10.4. The predicted molar refractivity (Wildman–Crippen MR) is 67.2 cm³/mol. The van der Waals surface area contributed by atoms with Crippen LogP contribution < -0.4 is 5.32 Å². The number of halogens is 3. The lowest BCUT2D eigenvalue weighted by Crippen LogP contribution is -2.15. The molecule has 3 N–H and O–H groups in total. The SMILES string of the molecule is O=C(O)c1ccsc1NC(=O)c1cc(F)c(F)c(O)c1F. The number of phenols is 1. The number of amides is 1. The maximum Gasteiger partial charge on any atom is 0.338 e. The van der Waals surface area contributed by atoms with E-state index in [4.69, 9.17) is 10.2 Å². The van der Waals surface area contributed by atoms with Crippen molar-refractivity contribution in [2.45, 2.75) is 0 Å². The predicted octanol–water partition coefficient (Wildman–Crippen LogP) is 2.82. The molecule has 1 amide bonds. The van der Waals surface area contributed by atoms with Crippen LogP contribution in [0.15, 0.2) is 17.5 Å². The molecule has 0 atom stereocenters. The lowest BCUT2D eigenvalue weighted by molar-refractivity contribution is 0.0698. The highest BCUT2D eigenvalue weighted by Gasteiger charge is 2.23. The maximum atomic E-state index is 13.6. The van der Waals surface area contributed by atoms with Crippen molar-refractivity contribution in [1.29, 1.82) is 0 Å². The molecule has 0 aliphatic heterocycles. The highest BCUT2D eigenvalue weighted by Crippen LogP contribution is 2.28. The van der Waals surface area contributed by atoms with Crippen LogP contribution in [-0.2, 0) is 0 Å². The Morgan fingerprint density at radius 3 is 2.43 bits per heavy atom. The van der Waals surface area contributed by atoms with Crippen molar-refractivity contribution in [3.05, 3.63) is 46.1 Å². The van der Waals surface area contributed by atoms with Gasteiger partial charge in [-0.2, -0.15) is 4.39 Å². The van der Waals surface area contributed by atoms with Crippen LogP contribution in [0.1, 0.15) is 20.7 Å². The van der Waals surface area contributed by atoms with Crippen LogP contribution in [-0.4, -0.2) is 22.1 Å². The van der Waals surface area contributed by atoms with Gasteiger partial charge in [-0.3, -0.25) is 4.79 Å². The van der Waals surface area contributed by atoms with Crippen molar-refractivity contribution in [1.82, 2.24) is 0 Å². The Hall–Kier alpha value is -2.55. The third-order valence-corrected chi connectivity index (χ3v) is 3.33. The van der Waals surface area contributed by atoms with Crippen molar-refractivity contribution in [3.8, 4) is 5.75 Å². The quantitative estimate of drug-likeness (QED) is 0.760. The van der Waals surface area contributed by atoms with E-state index >= 15 is 0 Å². The van der Waals surface area contributed by atoms with Crippen molar-refractivity contribution in [3.63, 3.8) is 0 Å². The fraction of sp³-hybridized carbons (Fsp3) is 0. The second-order valence-electron chi connectivity index (χ2n) is 3.81. The number of carboxylic acid groups (broad SMARTS) is 1. The smallest absolute Gasteiger partial charge is 0.338 e. The molecule has 2 rings (SSSR count). The van der Waals surface area contributed by atoms with Crippen molar-refractivity contribution < 1.29 is 33.0 Å². The summed E-state index contributed by atoms with van der Waals surface area (Å²) in [6, 6.07) is 1.48. The van der Waals surface area contributed by atoms with Crippen LogP contribution >= 0.6 is 11.3 Å². The zero-order valence-electron chi connectivity index (χ0n) is 9.99. The number of phenolic OH excluding ortho intramolecular Hbond substituents is 1. The lowest BCUT2D eigenvalue weighted by atomic mass is 10.1. The van der Waals surface area contributed by atoms with Gasteiger partial charge in [-0.25, -0.2) is 13.6 Å². The number of benzene rings is 1. The number of nitrogens with one attached hydrogen (secondary N) is 1. The van der Waals surface area contributed by atoms with Gasteiger partial charge in [-0.1, -0.05) is 0 Å². The molecular weight excluding hydrogens is 311 g/mol. The number of rotatable bonds is 3. The van der Waals surface area contributed by atoms with E-state index in [0.29, 0.717) is 0 Å². The number of hydrogen-bond acceptors (Lipinski definition) is 4. The molecule has 1 aromatic carbocycles. The molecule has 2 aromatic rings. The van der Waals surface area contributed by atoms with Crippen LogP contribution in [0.4, 0.5) is 18.2 Å². The van der Waals surface area contributed by atoms with E-state index in [1.165, 1.54) is 11.4 Å². The van der Waals surface area contributed by atoms with Crippen LogP contribution in [0.2, 0.25) is 0 Å². The molecule has 0 saturated heterocycles. The summed E-state index contributed by atoms with van der Waals surface area (Å²) in [7, 11) is 0. The minimum absolute atomic E-state index is 0.101. The summed E-state index contributed by atoms with van der Waals surface area (Å²) < 4.78 is 39.6. The minimum atomic E-state index is -1.81. The van der Waals surface area contributed by atoms with E-state index in [1.807, 2.05) is 0 Å². The van der Waals surface area contributed by atoms with Gasteiger partial charge in [-0.15, -0.1) is 11.3 Å². The number of hydrogen-bond donors (Lipinski definition) is 3. The van der Waals surface area contributed by atoms with Crippen LogP contribution in [0, 0.1) is 17.5 Å². The van der Waals surface area contributed by atoms with Crippen molar-refractivity contribution in [2.24, 2.45) is 0 Å². The van der Waals surface area contributed by atoms with Crippen molar-refractivity contribution >= 4 is 28.2 Å². The highest BCUT2D eigenvalue weighted by atomic mass is 32.1. The van der Waals surface area contributed by atoms with Crippen LogP contribution in [0.3, 0.4) is 0 Å². The summed E-state index contributed by atoms with van der Waals surface area (Å²) in [6.45, 7) is 0. The lowest BCUT2D eigenvalue weighted by Gasteiger charge is -2.07. The van der Waals surface area contributed by atoms with Crippen molar-refractivity contribution in [2.75, 3.05) is 5.32 Å². The van der Waals surface area contributed by atoms with Crippen LogP contribution in [0.25, 0.3) is 0 Å². The molecule has 0 radical (unpaired) electrons. The molecule has 0 unspecified atom stereocenters. The summed E-state index contributed by atoms with van der Waals surface area (Å²) in [5, 5.41) is 21.2. The van der Waals surface area contributed by atoms with E-state index in [2.05, 4.69) is 5.32 Å². The van der Waals surface area contributed by atoms with Gasteiger partial charge in [-0.05, 0) is 17.5 Å². The summed E-state index contributed by atoms with van der Waals surface area (Å²) >= 11 is 0.853. The first-order valence-corrected chi connectivity index (χ1v) is 6.19. The highest BCUT2D eigenvalue weighted by molar-refractivity contribution is 7.14. The molecule has 0 spiro atoms. The summed E-state index contributed by atoms with van der Waals surface area (Å²) in [5.74, 6) is -9.22. The maximum absolute atomic E-state index is 13.6. The molecule has 1 aromatic heterocycles. The molecule has 0 aliphatic carbocycles. The first-order chi connectivity index (χ1) is 9.82. The minimum Gasteiger partial charge on any atom is -0.503 e. The number of carbonyl (C=O) groups excluding carboxylic acids is 1. The van der Waals surface area contributed by atoms with Gasteiger partial charge >= 0.3 is 5.97 Å². The van der Waals surface area contributed by atoms with Crippen LogP contribution in [0.5, 0.6) is 5.75 Å². The standard InChI is InChI=1S/C12H6F3NO4S/c13-6-3-5(7(14)9(17)8(6)15)10(18)16-11-4(12(19)20)1-2-21-11/h1-3,17H,(H,16,18)(H,19,20). The molecule has 0 bridgehead atoms. The average Bonchev–Trinajstić information content (AvgIpc) is 2.88. The zero-order chi connectivity index (χ0) is 15.7. The van der Waals surface area contributed by atoms with Gasteiger partial charge in [0.25, 0.3) is 5.91 Å². The fourth-order valence-electron chi connectivity index (χ4n) is 1.50. The van der Waals surface area contributed by atoms with Gasteiger partial charge in [0.2, 0.25) is 5.82 Å². The van der Waals surface area contributed by atoms with E-state index < -0.39 is 40.6 Å². The van der Waals surface area contributed by atoms with Gasteiger partial charge in [0.15, 0.2) is 17.4 Å². The number of aromatic carboxylic acids is 1.